The quantitative estimate of drug-likeness (QED) is 0.678. The Hall–Kier alpha value is -2.53. The van der Waals surface area contributed by atoms with Crippen molar-refractivity contribution in [1.29, 1.82) is 0 Å². The molecule has 0 saturated heterocycles. The van der Waals surface area contributed by atoms with Gasteiger partial charge in [-0.2, -0.15) is 0 Å². The van der Waals surface area contributed by atoms with Gasteiger partial charge in [-0.05, 0) is 36.8 Å². The lowest BCUT2D eigenvalue weighted by Crippen LogP contribution is -2.26. The molecule has 2 N–H and O–H groups in total. The van der Waals surface area contributed by atoms with E-state index >= 15 is 0 Å². The normalized spacial score (nSPS) is 13.2. The van der Waals surface area contributed by atoms with E-state index < -0.39 is 5.97 Å². The summed E-state index contributed by atoms with van der Waals surface area (Å²) in [5.41, 5.74) is 9.13. The van der Waals surface area contributed by atoms with E-state index in [2.05, 4.69) is 0 Å². The molecule has 0 bridgehead atoms. The lowest BCUT2D eigenvalue weighted by Gasteiger charge is -2.19. The van der Waals surface area contributed by atoms with Crippen LogP contribution in [0.15, 0.2) is 30.3 Å². The number of hydrogen-bond donors (Lipinski definition) is 1. The van der Waals surface area contributed by atoms with Crippen LogP contribution in [-0.2, 0) is 11.3 Å². The Morgan fingerprint density at radius 2 is 2.04 bits per heavy atom. The molecule has 2 aromatic rings. The highest BCUT2D eigenvalue weighted by Gasteiger charge is 2.34. The van der Waals surface area contributed by atoms with Gasteiger partial charge < -0.3 is 15.4 Å². The number of nitrogen functional groups attached to an aromatic ring is 1. The van der Waals surface area contributed by atoms with Crippen molar-refractivity contribution in [2.45, 2.75) is 13.5 Å². The molecule has 0 spiro atoms. The number of nitrogens with two attached hydrogens (primary N) is 1. The summed E-state index contributed by atoms with van der Waals surface area (Å²) in [4.78, 5) is 26.3. The van der Waals surface area contributed by atoms with Gasteiger partial charge in [0.15, 0.2) is 0 Å². The average Bonchev–Trinajstić information content (AvgIpc) is 2.89. The molecule has 0 aliphatic carbocycles. The van der Waals surface area contributed by atoms with Crippen LogP contribution in [0, 0.1) is 6.92 Å². The summed E-state index contributed by atoms with van der Waals surface area (Å²) in [5.74, 6) is -0.765. The zero-order chi connectivity index (χ0) is 16.7. The highest BCUT2D eigenvalue weighted by atomic mass is 35.5. The first-order chi connectivity index (χ1) is 10.9. The van der Waals surface area contributed by atoms with Crippen LogP contribution in [0.3, 0.4) is 0 Å². The molecule has 0 radical (unpaired) electrons. The summed E-state index contributed by atoms with van der Waals surface area (Å²) < 4.78 is 4.81. The van der Waals surface area contributed by atoms with Gasteiger partial charge in [-0.1, -0.05) is 17.7 Å². The summed E-state index contributed by atoms with van der Waals surface area (Å²) in [5, 5.41) is 0.484. The summed E-state index contributed by atoms with van der Waals surface area (Å²) in [7, 11) is 1.31. The van der Waals surface area contributed by atoms with Gasteiger partial charge in [0, 0.05) is 16.3 Å². The highest BCUT2D eigenvalue weighted by molar-refractivity contribution is 6.33. The minimum absolute atomic E-state index is 0.268. The number of rotatable bonds is 2. The van der Waals surface area contributed by atoms with Gasteiger partial charge in [-0.25, -0.2) is 4.79 Å². The molecule has 0 fully saturated rings. The van der Waals surface area contributed by atoms with Gasteiger partial charge in [0.25, 0.3) is 5.91 Å². The molecule has 23 heavy (non-hydrogen) atoms. The van der Waals surface area contributed by atoms with Crippen molar-refractivity contribution in [2.75, 3.05) is 17.7 Å². The van der Waals surface area contributed by atoms with E-state index in [1.807, 2.05) is 6.92 Å². The first-order valence-corrected chi connectivity index (χ1v) is 7.39. The summed E-state index contributed by atoms with van der Waals surface area (Å²) in [6, 6.07) is 8.51. The number of benzene rings is 2. The van der Waals surface area contributed by atoms with Crippen molar-refractivity contribution in [2.24, 2.45) is 0 Å². The number of halogens is 1. The van der Waals surface area contributed by atoms with Crippen LogP contribution in [0.5, 0.6) is 0 Å². The second kappa shape index (κ2) is 5.59. The van der Waals surface area contributed by atoms with Crippen molar-refractivity contribution in [3.8, 4) is 0 Å². The van der Waals surface area contributed by atoms with E-state index in [1.165, 1.54) is 12.0 Å². The van der Waals surface area contributed by atoms with E-state index in [-0.39, 0.29) is 12.5 Å². The summed E-state index contributed by atoms with van der Waals surface area (Å²) >= 11 is 6.19. The van der Waals surface area contributed by atoms with E-state index in [0.29, 0.717) is 33.1 Å². The van der Waals surface area contributed by atoms with Crippen LogP contribution in [0.4, 0.5) is 11.4 Å². The van der Waals surface area contributed by atoms with E-state index in [4.69, 9.17) is 22.1 Å². The van der Waals surface area contributed by atoms with Crippen LogP contribution >= 0.6 is 11.6 Å². The predicted molar refractivity (Wildman–Crippen MR) is 88.9 cm³/mol. The van der Waals surface area contributed by atoms with Crippen molar-refractivity contribution in [3.05, 3.63) is 57.6 Å². The molecule has 2 aromatic carbocycles. The molecule has 1 aliphatic rings. The third kappa shape index (κ3) is 2.43. The maximum atomic E-state index is 12.8. The number of methoxy groups -OCH3 is 1. The van der Waals surface area contributed by atoms with Gasteiger partial charge in [-0.3, -0.25) is 4.79 Å². The largest absolute Gasteiger partial charge is 0.465 e. The molecule has 1 aliphatic heterocycles. The molecule has 0 aromatic heterocycles. The minimum atomic E-state index is -0.497. The third-order valence-corrected chi connectivity index (χ3v) is 4.27. The van der Waals surface area contributed by atoms with Crippen molar-refractivity contribution in [3.63, 3.8) is 0 Å². The summed E-state index contributed by atoms with van der Waals surface area (Å²) in [6.07, 6.45) is 0. The Bertz CT molecular complexity index is 833. The Labute approximate surface area is 138 Å². The molecule has 1 heterocycles. The second-order valence-corrected chi connectivity index (χ2v) is 5.80. The van der Waals surface area contributed by atoms with E-state index in [9.17, 15) is 9.59 Å². The van der Waals surface area contributed by atoms with E-state index in [0.717, 1.165) is 5.56 Å². The Balaban J connectivity index is 2.14. The zero-order valence-electron chi connectivity index (χ0n) is 12.7. The van der Waals surface area contributed by atoms with E-state index in [1.54, 1.807) is 30.3 Å². The maximum absolute atomic E-state index is 12.8. The number of fused-ring (bicyclic) bond motifs is 1. The number of aryl methyl sites for hydroxylation is 1. The number of esters is 1. The SMILES string of the molecule is COC(=O)c1ccc(C)cc1N1Cc2c(Cl)ccc(N)c2C1=O. The molecule has 118 valence electrons. The molecular weight excluding hydrogens is 316 g/mol. The van der Waals surface area contributed by atoms with Gasteiger partial charge in [0.1, 0.15) is 0 Å². The predicted octanol–water partition coefficient (Wildman–Crippen LogP) is 3.18. The number of carbonyl (C=O) groups is 2. The van der Waals surface area contributed by atoms with Gasteiger partial charge in [0.2, 0.25) is 0 Å². The van der Waals surface area contributed by atoms with Crippen molar-refractivity contribution < 1.29 is 14.3 Å². The topological polar surface area (TPSA) is 72.6 Å². The molecule has 0 unspecified atom stereocenters. The third-order valence-electron chi connectivity index (χ3n) is 3.91. The molecule has 0 saturated carbocycles. The number of ether oxygens (including phenoxy) is 1. The maximum Gasteiger partial charge on any atom is 0.339 e. The average molecular weight is 331 g/mol. The van der Waals surface area contributed by atoms with Gasteiger partial charge >= 0.3 is 5.97 Å². The molecule has 6 heteroatoms. The first kappa shape index (κ1) is 15.4. The second-order valence-electron chi connectivity index (χ2n) is 5.39. The number of hydrogen-bond acceptors (Lipinski definition) is 4. The number of amides is 1. The Morgan fingerprint density at radius 1 is 1.30 bits per heavy atom. The van der Waals surface area contributed by atoms with Crippen molar-refractivity contribution >= 4 is 34.9 Å². The fourth-order valence-electron chi connectivity index (χ4n) is 2.75. The van der Waals surface area contributed by atoms with Crippen LogP contribution in [0.2, 0.25) is 5.02 Å². The number of anilines is 2. The molecular formula is C17H15ClN2O3. The first-order valence-electron chi connectivity index (χ1n) is 7.01. The van der Waals surface area contributed by atoms with Crippen LogP contribution < -0.4 is 10.6 Å². The summed E-state index contributed by atoms with van der Waals surface area (Å²) in [6.45, 7) is 2.16. The molecule has 1 amide bonds. The number of carbonyl (C=O) groups excluding carboxylic acids is 2. The van der Waals surface area contributed by atoms with Crippen LogP contribution in [-0.4, -0.2) is 19.0 Å². The molecule has 0 atom stereocenters. The fourth-order valence-corrected chi connectivity index (χ4v) is 2.97. The smallest absolute Gasteiger partial charge is 0.339 e. The van der Waals surface area contributed by atoms with Crippen LogP contribution in [0.1, 0.15) is 31.8 Å². The lowest BCUT2D eigenvalue weighted by molar-refractivity contribution is 0.0601. The highest BCUT2D eigenvalue weighted by Crippen LogP contribution is 2.37. The Kier molecular flexibility index (Phi) is 3.74. The monoisotopic (exact) mass is 330 g/mol. The molecule has 5 nitrogen and oxygen atoms in total. The lowest BCUT2D eigenvalue weighted by atomic mass is 10.1. The number of nitrogens with zero attached hydrogens (tertiary/aromatic N) is 1. The minimum Gasteiger partial charge on any atom is -0.465 e. The zero-order valence-corrected chi connectivity index (χ0v) is 13.5. The fraction of sp³-hybridized carbons (Fsp3) is 0.176. The standard InChI is InChI=1S/C17H15ClN2O3/c1-9-3-4-10(17(22)23-2)14(7-9)20-8-11-12(18)5-6-13(19)15(11)16(20)21/h3-7H,8,19H2,1-2H3. The van der Waals surface area contributed by atoms with Crippen LogP contribution in [0.25, 0.3) is 0 Å². The van der Waals surface area contributed by atoms with Gasteiger partial charge in [-0.15, -0.1) is 0 Å². The Morgan fingerprint density at radius 3 is 2.70 bits per heavy atom. The van der Waals surface area contributed by atoms with Crippen molar-refractivity contribution in [1.82, 2.24) is 0 Å². The van der Waals surface area contributed by atoms with Gasteiger partial charge in [0.05, 0.1) is 30.5 Å². The molecule has 3 rings (SSSR count).